The lowest BCUT2D eigenvalue weighted by molar-refractivity contribution is 0.0872. The van der Waals surface area contributed by atoms with E-state index < -0.39 is 0 Å². The molecule has 0 saturated heterocycles. The Labute approximate surface area is 134 Å². The molecule has 1 aliphatic carbocycles. The SMILES string of the molecule is Cc1cc(C(=O)NC2CC(C)CCC2C(C)C)sc1Br. The molecule has 1 aliphatic rings. The summed E-state index contributed by atoms with van der Waals surface area (Å²) in [5.74, 6) is 2.05. The van der Waals surface area contributed by atoms with E-state index in [0.717, 1.165) is 20.6 Å². The summed E-state index contributed by atoms with van der Waals surface area (Å²) < 4.78 is 1.06. The van der Waals surface area contributed by atoms with Gasteiger partial charge in [0.25, 0.3) is 5.91 Å². The smallest absolute Gasteiger partial charge is 0.261 e. The highest BCUT2D eigenvalue weighted by Gasteiger charge is 2.32. The predicted molar refractivity (Wildman–Crippen MR) is 89.4 cm³/mol. The van der Waals surface area contributed by atoms with Gasteiger partial charge in [0.2, 0.25) is 0 Å². The summed E-state index contributed by atoms with van der Waals surface area (Å²) in [6, 6.07) is 2.30. The second-order valence-electron chi connectivity index (χ2n) is 6.47. The Hall–Kier alpha value is -0.350. The molecule has 2 nitrogen and oxygen atoms in total. The lowest BCUT2D eigenvalue weighted by atomic mass is 9.74. The molecule has 0 radical (unpaired) electrons. The standard InChI is InChI=1S/C16H24BrNOS/c1-9(2)12-6-5-10(3)7-13(12)18-16(19)14-8-11(4)15(17)20-14/h8-10,12-13H,5-7H2,1-4H3,(H,18,19). The summed E-state index contributed by atoms with van der Waals surface area (Å²) in [6.45, 7) is 8.86. The quantitative estimate of drug-likeness (QED) is 0.809. The Bertz CT molecular complexity index is 463. The highest BCUT2D eigenvalue weighted by Crippen LogP contribution is 2.34. The first kappa shape index (κ1) is 16.0. The molecule has 2 rings (SSSR count). The van der Waals surface area contributed by atoms with Gasteiger partial charge in [-0.05, 0) is 65.1 Å². The number of hydrogen-bond acceptors (Lipinski definition) is 2. The van der Waals surface area contributed by atoms with E-state index in [-0.39, 0.29) is 5.91 Å². The first-order chi connectivity index (χ1) is 9.38. The number of carbonyl (C=O) groups excluding carboxylic acids is 1. The number of amides is 1. The maximum atomic E-state index is 12.4. The number of halogens is 1. The average molecular weight is 358 g/mol. The molecule has 1 saturated carbocycles. The fraction of sp³-hybridized carbons (Fsp3) is 0.688. The van der Waals surface area contributed by atoms with E-state index in [1.165, 1.54) is 24.2 Å². The van der Waals surface area contributed by atoms with Crippen molar-refractivity contribution < 1.29 is 4.79 Å². The summed E-state index contributed by atoms with van der Waals surface area (Å²) >= 11 is 5.02. The van der Waals surface area contributed by atoms with E-state index in [0.29, 0.717) is 23.8 Å². The molecule has 3 atom stereocenters. The minimum atomic E-state index is 0.0913. The lowest BCUT2D eigenvalue weighted by Crippen LogP contribution is -2.45. The molecule has 0 aromatic carbocycles. The van der Waals surface area contributed by atoms with E-state index in [4.69, 9.17) is 0 Å². The third kappa shape index (κ3) is 3.64. The number of aryl methyl sites for hydroxylation is 1. The van der Waals surface area contributed by atoms with Crippen LogP contribution in [0.3, 0.4) is 0 Å². The van der Waals surface area contributed by atoms with Gasteiger partial charge in [-0.2, -0.15) is 0 Å². The zero-order chi connectivity index (χ0) is 14.9. The van der Waals surface area contributed by atoms with Crippen LogP contribution in [0.25, 0.3) is 0 Å². The molecule has 112 valence electrons. The first-order valence-corrected chi connectivity index (χ1v) is 9.06. The zero-order valence-electron chi connectivity index (χ0n) is 12.7. The van der Waals surface area contributed by atoms with Gasteiger partial charge in [0.1, 0.15) is 0 Å². The molecule has 1 aromatic rings. The maximum Gasteiger partial charge on any atom is 0.261 e. The van der Waals surface area contributed by atoms with Crippen LogP contribution in [0.5, 0.6) is 0 Å². The zero-order valence-corrected chi connectivity index (χ0v) is 15.1. The number of rotatable bonds is 3. The van der Waals surface area contributed by atoms with E-state index in [2.05, 4.69) is 42.0 Å². The van der Waals surface area contributed by atoms with Crippen LogP contribution >= 0.6 is 27.3 Å². The van der Waals surface area contributed by atoms with Gasteiger partial charge in [-0.3, -0.25) is 4.79 Å². The van der Waals surface area contributed by atoms with Crippen molar-refractivity contribution in [2.75, 3.05) is 0 Å². The molecule has 1 N–H and O–H groups in total. The lowest BCUT2D eigenvalue weighted by Gasteiger charge is -2.37. The van der Waals surface area contributed by atoms with Gasteiger partial charge in [-0.25, -0.2) is 0 Å². The highest BCUT2D eigenvalue weighted by molar-refractivity contribution is 9.11. The maximum absolute atomic E-state index is 12.4. The Morgan fingerprint density at radius 3 is 2.70 bits per heavy atom. The normalized spacial score (nSPS) is 26.8. The molecule has 4 heteroatoms. The molecule has 0 bridgehead atoms. The van der Waals surface area contributed by atoms with Gasteiger partial charge in [0.15, 0.2) is 0 Å². The van der Waals surface area contributed by atoms with Crippen molar-refractivity contribution in [3.8, 4) is 0 Å². The minimum absolute atomic E-state index is 0.0913. The third-order valence-electron chi connectivity index (χ3n) is 4.42. The van der Waals surface area contributed by atoms with Crippen LogP contribution in [0.15, 0.2) is 9.85 Å². The average Bonchev–Trinajstić information content (AvgIpc) is 2.69. The van der Waals surface area contributed by atoms with Crippen molar-refractivity contribution in [3.63, 3.8) is 0 Å². The highest BCUT2D eigenvalue weighted by atomic mass is 79.9. The molecule has 0 aliphatic heterocycles. The molecule has 1 amide bonds. The van der Waals surface area contributed by atoms with Gasteiger partial charge < -0.3 is 5.32 Å². The van der Waals surface area contributed by atoms with Crippen LogP contribution in [0, 0.1) is 24.7 Å². The van der Waals surface area contributed by atoms with E-state index in [9.17, 15) is 4.79 Å². The molecular formula is C16H24BrNOS. The van der Waals surface area contributed by atoms with E-state index in [1.54, 1.807) is 0 Å². The van der Waals surface area contributed by atoms with Gasteiger partial charge in [0.05, 0.1) is 8.66 Å². The van der Waals surface area contributed by atoms with Gasteiger partial charge in [-0.15, -0.1) is 11.3 Å². The fourth-order valence-corrected chi connectivity index (χ4v) is 4.62. The topological polar surface area (TPSA) is 29.1 Å². The first-order valence-electron chi connectivity index (χ1n) is 7.45. The Morgan fingerprint density at radius 1 is 1.45 bits per heavy atom. The minimum Gasteiger partial charge on any atom is -0.348 e. The van der Waals surface area contributed by atoms with Crippen LogP contribution in [-0.2, 0) is 0 Å². The fourth-order valence-electron chi connectivity index (χ4n) is 3.18. The molecule has 20 heavy (non-hydrogen) atoms. The predicted octanol–water partition coefficient (Wildman–Crippen LogP) is 5.01. The van der Waals surface area contributed by atoms with E-state index in [1.807, 2.05) is 13.0 Å². The summed E-state index contributed by atoms with van der Waals surface area (Å²) in [5, 5.41) is 3.29. The van der Waals surface area contributed by atoms with Crippen molar-refractivity contribution in [2.24, 2.45) is 17.8 Å². The van der Waals surface area contributed by atoms with Crippen molar-refractivity contribution >= 4 is 33.2 Å². The van der Waals surface area contributed by atoms with Crippen molar-refractivity contribution in [2.45, 2.75) is 53.0 Å². The van der Waals surface area contributed by atoms with Gasteiger partial charge >= 0.3 is 0 Å². The molecule has 1 aromatic heterocycles. The van der Waals surface area contributed by atoms with Crippen molar-refractivity contribution in [1.29, 1.82) is 0 Å². The Balaban J connectivity index is 2.07. The van der Waals surface area contributed by atoms with Crippen LogP contribution in [0.1, 0.15) is 55.3 Å². The van der Waals surface area contributed by atoms with Crippen LogP contribution in [-0.4, -0.2) is 11.9 Å². The van der Waals surface area contributed by atoms with Crippen LogP contribution < -0.4 is 5.32 Å². The number of hydrogen-bond donors (Lipinski definition) is 1. The van der Waals surface area contributed by atoms with E-state index >= 15 is 0 Å². The Morgan fingerprint density at radius 2 is 2.15 bits per heavy atom. The Kier molecular flexibility index (Phi) is 5.30. The number of nitrogens with one attached hydrogen (secondary N) is 1. The van der Waals surface area contributed by atoms with Gasteiger partial charge in [0, 0.05) is 6.04 Å². The summed E-state index contributed by atoms with van der Waals surface area (Å²) in [6.07, 6.45) is 3.63. The molecule has 3 unspecified atom stereocenters. The molecule has 0 spiro atoms. The largest absolute Gasteiger partial charge is 0.348 e. The number of thiophene rings is 1. The van der Waals surface area contributed by atoms with Crippen LogP contribution in [0.4, 0.5) is 0 Å². The van der Waals surface area contributed by atoms with Crippen molar-refractivity contribution in [1.82, 2.24) is 5.32 Å². The summed E-state index contributed by atoms with van der Waals surface area (Å²) in [7, 11) is 0. The number of carbonyl (C=O) groups is 1. The third-order valence-corrected chi connectivity index (χ3v) is 6.56. The second-order valence-corrected chi connectivity index (χ2v) is 8.84. The summed E-state index contributed by atoms with van der Waals surface area (Å²) in [5.41, 5.74) is 1.14. The monoisotopic (exact) mass is 357 g/mol. The van der Waals surface area contributed by atoms with Crippen LogP contribution in [0.2, 0.25) is 0 Å². The second kappa shape index (κ2) is 6.61. The van der Waals surface area contributed by atoms with Gasteiger partial charge in [-0.1, -0.05) is 27.2 Å². The van der Waals surface area contributed by atoms with Crippen molar-refractivity contribution in [3.05, 3.63) is 20.3 Å². The summed E-state index contributed by atoms with van der Waals surface area (Å²) in [4.78, 5) is 13.2. The molecular weight excluding hydrogens is 334 g/mol. The molecule has 1 heterocycles. The molecule has 1 fully saturated rings.